The molecular weight excluding hydrogens is 271 g/mol. The normalized spacial score (nSPS) is 32.9. The van der Waals surface area contributed by atoms with Gasteiger partial charge in [0.25, 0.3) is 0 Å². The van der Waals surface area contributed by atoms with Crippen molar-refractivity contribution < 1.29 is 19.9 Å². The molecule has 3 atom stereocenters. The third kappa shape index (κ3) is 4.19. The fraction of sp³-hybridized carbons (Fsp3) is 0.929. The third-order valence-corrected chi connectivity index (χ3v) is 5.19. The maximum atomic E-state index is 11.5. The van der Waals surface area contributed by atoms with Gasteiger partial charge in [-0.15, -0.1) is 0 Å². The Hall–Kier alpha value is -0.625. The van der Waals surface area contributed by atoms with E-state index in [0.717, 1.165) is 13.0 Å². The van der Waals surface area contributed by atoms with Crippen molar-refractivity contribution in [1.82, 2.24) is 5.32 Å². The first kappa shape index (κ1) is 16.7. The molecule has 21 heavy (non-hydrogen) atoms. The number of hydrogen-bond acceptors (Lipinski definition) is 5. The van der Waals surface area contributed by atoms with E-state index in [9.17, 15) is 9.90 Å². The molecule has 0 radical (unpaired) electrons. The van der Waals surface area contributed by atoms with E-state index in [2.05, 4.69) is 5.32 Å². The van der Waals surface area contributed by atoms with Gasteiger partial charge in [0.1, 0.15) is 5.54 Å². The summed E-state index contributed by atoms with van der Waals surface area (Å²) in [6.45, 7) is 0.843. The lowest BCUT2D eigenvalue weighted by molar-refractivity contribution is -0.145. The molecule has 2 aliphatic carbocycles. The molecule has 0 bridgehead atoms. The molecule has 120 valence electrons. The molecule has 0 saturated heterocycles. The maximum Gasteiger partial charge on any atom is 0.451 e. The highest BCUT2D eigenvalue weighted by Crippen LogP contribution is 2.41. The third-order valence-electron chi connectivity index (χ3n) is 5.19. The Labute approximate surface area is 126 Å². The zero-order valence-corrected chi connectivity index (χ0v) is 12.5. The largest absolute Gasteiger partial charge is 0.480 e. The number of hydrogen-bond donors (Lipinski definition) is 5. The highest BCUT2D eigenvalue weighted by molar-refractivity contribution is 6.40. The monoisotopic (exact) mass is 298 g/mol. The van der Waals surface area contributed by atoms with Crippen LogP contribution in [0.3, 0.4) is 0 Å². The summed E-state index contributed by atoms with van der Waals surface area (Å²) >= 11 is 0. The molecule has 0 aromatic rings. The van der Waals surface area contributed by atoms with E-state index in [0.29, 0.717) is 31.2 Å². The van der Waals surface area contributed by atoms with E-state index < -0.39 is 18.6 Å². The Morgan fingerprint density at radius 3 is 2.62 bits per heavy atom. The second kappa shape index (κ2) is 7.09. The van der Waals surface area contributed by atoms with Gasteiger partial charge in [-0.2, -0.15) is 0 Å². The summed E-state index contributed by atoms with van der Waals surface area (Å²) in [5.74, 6) is -0.708. The lowest BCUT2D eigenvalue weighted by Gasteiger charge is -2.28. The van der Waals surface area contributed by atoms with Gasteiger partial charge in [0.2, 0.25) is 0 Å². The van der Waals surface area contributed by atoms with E-state index in [1.165, 1.54) is 19.3 Å². The van der Waals surface area contributed by atoms with Crippen molar-refractivity contribution >= 4 is 13.1 Å². The van der Waals surface area contributed by atoms with Crippen molar-refractivity contribution in [2.24, 2.45) is 17.6 Å². The zero-order chi connectivity index (χ0) is 15.5. The zero-order valence-electron chi connectivity index (χ0n) is 12.5. The molecule has 0 aromatic heterocycles. The van der Waals surface area contributed by atoms with Gasteiger partial charge < -0.3 is 26.2 Å². The van der Waals surface area contributed by atoms with Crippen LogP contribution in [0.1, 0.15) is 44.9 Å². The van der Waals surface area contributed by atoms with Gasteiger partial charge in [-0.3, -0.25) is 4.79 Å². The SMILES string of the molecule is N[C@@]1(C(=O)O)C[C@@H](CNC2CCC2)C[C@@H]1CCCB(O)O. The fourth-order valence-electron chi connectivity index (χ4n) is 3.63. The van der Waals surface area contributed by atoms with Crippen LogP contribution in [0.2, 0.25) is 6.32 Å². The second-order valence-corrected chi connectivity index (χ2v) is 6.80. The summed E-state index contributed by atoms with van der Waals surface area (Å²) in [5.41, 5.74) is 4.99. The molecule has 0 heterocycles. The molecule has 2 aliphatic rings. The van der Waals surface area contributed by atoms with Gasteiger partial charge in [0.05, 0.1) is 0 Å². The number of carboxylic acid groups (broad SMARTS) is 1. The van der Waals surface area contributed by atoms with Gasteiger partial charge >= 0.3 is 13.1 Å². The first-order valence-electron chi connectivity index (χ1n) is 8.03. The Bertz CT molecular complexity index is 365. The van der Waals surface area contributed by atoms with E-state index >= 15 is 0 Å². The summed E-state index contributed by atoms with van der Waals surface area (Å²) in [6, 6.07) is 0.602. The standard InChI is InChI=1S/C14H27BN2O4/c16-14(13(18)19)8-10(9-17-12-4-1-5-12)7-11(14)3-2-6-15(20)21/h10-12,17,20-21H,1-9,16H2,(H,18,19)/t10-,11-,14-/m0/s1. The molecular formula is C14H27BN2O4. The molecule has 7 heteroatoms. The Balaban J connectivity index is 1.85. The van der Waals surface area contributed by atoms with Crippen LogP contribution in [0.5, 0.6) is 0 Å². The van der Waals surface area contributed by atoms with Gasteiger partial charge in [-0.1, -0.05) is 12.8 Å². The summed E-state index contributed by atoms with van der Waals surface area (Å²) in [6.07, 6.45) is 6.55. The lowest BCUT2D eigenvalue weighted by atomic mass is 9.78. The fourth-order valence-corrected chi connectivity index (χ4v) is 3.63. The number of rotatable bonds is 8. The van der Waals surface area contributed by atoms with Crippen LogP contribution in [0, 0.1) is 11.8 Å². The molecule has 2 rings (SSSR count). The summed E-state index contributed by atoms with van der Waals surface area (Å²) < 4.78 is 0. The molecule has 0 unspecified atom stereocenters. The Kier molecular flexibility index (Phi) is 5.65. The van der Waals surface area contributed by atoms with E-state index in [1.807, 2.05) is 0 Å². The minimum atomic E-state index is -1.32. The molecule has 6 N–H and O–H groups in total. The molecule has 0 spiro atoms. The van der Waals surface area contributed by atoms with Crippen LogP contribution in [-0.4, -0.2) is 46.4 Å². The molecule has 0 aliphatic heterocycles. The lowest BCUT2D eigenvalue weighted by Crippen LogP contribution is -2.51. The molecule has 2 fully saturated rings. The van der Waals surface area contributed by atoms with Crippen molar-refractivity contribution in [3.8, 4) is 0 Å². The van der Waals surface area contributed by atoms with Crippen LogP contribution in [0.4, 0.5) is 0 Å². The highest BCUT2D eigenvalue weighted by Gasteiger charge is 2.49. The van der Waals surface area contributed by atoms with Crippen LogP contribution in [0.15, 0.2) is 0 Å². The van der Waals surface area contributed by atoms with Gasteiger partial charge in [-0.05, 0) is 56.8 Å². The average molecular weight is 298 g/mol. The molecule has 2 saturated carbocycles. The van der Waals surface area contributed by atoms with E-state index in [4.69, 9.17) is 15.8 Å². The van der Waals surface area contributed by atoms with E-state index in [-0.39, 0.29) is 12.2 Å². The molecule has 0 amide bonds. The van der Waals surface area contributed by atoms with Crippen LogP contribution < -0.4 is 11.1 Å². The molecule has 6 nitrogen and oxygen atoms in total. The average Bonchev–Trinajstić information content (AvgIpc) is 2.65. The number of carboxylic acids is 1. The van der Waals surface area contributed by atoms with Gasteiger partial charge in [0, 0.05) is 6.04 Å². The predicted octanol–water partition coefficient (Wildman–Crippen LogP) is 0.190. The first-order valence-corrected chi connectivity index (χ1v) is 8.03. The van der Waals surface area contributed by atoms with Crippen LogP contribution in [-0.2, 0) is 4.79 Å². The number of aliphatic carboxylic acids is 1. The minimum absolute atomic E-state index is 0.0815. The summed E-state index contributed by atoms with van der Waals surface area (Å²) in [4.78, 5) is 11.5. The number of carbonyl (C=O) groups is 1. The Morgan fingerprint density at radius 2 is 2.10 bits per heavy atom. The van der Waals surface area contributed by atoms with Crippen molar-refractivity contribution in [2.75, 3.05) is 6.54 Å². The summed E-state index contributed by atoms with van der Waals surface area (Å²) in [7, 11) is -1.32. The van der Waals surface area contributed by atoms with Crippen molar-refractivity contribution in [1.29, 1.82) is 0 Å². The van der Waals surface area contributed by atoms with Crippen molar-refractivity contribution in [3.63, 3.8) is 0 Å². The quantitative estimate of drug-likeness (QED) is 0.409. The maximum absolute atomic E-state index is 11.5. The van der Waals surface area contributed by atoms with Gasteiger partial charge in [-0.25, -0.2) is 0 Å². The molecule has 0 aromatic carbocycles. The highest BCUT2D eigenvalue weighted by atomic mass is 16.4. The summed E-state index contributed by atoms with van der Waals surface area (Å²) in [5, 5.41) is 30.8. The van der Waals surface area contributed by atoms with E-state index in [1.54, 1.807) is 0 Å². The van der Waals surface area contributed by atoms with Crippen molar-refractivity contribution in [2.45, 2.75) is 62.8 Å². The number of nitrogens with one attached hydrogen (secondary N) is 1. The smallest absolute Gasteiger partial charge is 0.451 e. The second-order valence-electron chi connectivity index (χ2n) is 6.80. The first-order chi connectivity index (χ1) is 9.91. The topological polar surface area (TPSA) is 116 Å². The minimum Gasteiger partial charge on any atom is -0.480 e. The van der Waals surface area contributed by atoms with Crippen LogP contribution >= 0.6 is 0 Å². The van der Waals surface area contributed by atoms with Gasteiger partial charge in [0.15, 0.2) is 0 Å². The van der Waals surface area contributed by atoms with Crippen LogP contribution in [0.25, 0.3) is 0 Å². The Morgan fingerprint density at radius 1 is 1.38 bits per heavy atom. The predicted molar refractivity (Wildman–Crippen MR) is 80.6 cm³/mol. The number of nitrogens with two attached hydrogens (primary N) is 1. The van der Waals surface area contributed by atoms with Crippen molar-refractivity contribution in [3.05, 3.63) is 0 Å².